The van der Waals surface area contributed by atoms with Crippen molar-refractivity contribution in [1.82, 2.24) is 19.3 Å². The second-order valence-electron chi connectivity index (χ2n) is 6.19. The lowest BCUT2D eigenvalue weighted by atomic mass is 10.0. The summed E-state index contributed by atoms with van der Waals surface area (Å²) >= 11 is 5.59. The summed E-state index contributed by atoms with van der Waals surface area (Å²) in [5.41, 5.74) is 3.43. The Hall–Kier alpha value is -1.10. The summed E-state index contributed by atoms with van der Waals surface area (Å²) in [5, 5.41) is 4.62. The van der Waals surface area contributed by atoms with Crippen molar-refractivity contribution in [3.63, 3.8) is 0 Å². The number of hydrogen-bond donors (Lipinski definition) is 1. The molecule has 0 bridgehead atoms. The second-order valence-corrected chi connectivity index (χ2v) is 6.58. The number of hydrogen-bond acceptors (Lipinski definition) is 2. The van der Waals surface area contributed by atoms with Crippen molar-refractivity contribution < 1.29 is 0 Å². The molecule has 1 fully saturated rings. The van der Waals surface area contributed by atoms with Gasteiger partial charge in [-0.3, -0.25) is 9.25 Å². The summed E-state index contributed by atoms with van der Waals surface area (Å²) < 4.78 is 5.19. The molecule has 1 aliphatic rings. The number of H-pyrrole nitrogens is 1. The number of fused-ring (bicyclic) bond motifs is 1. The van der Waals surface area contributed by atoms with Crippen LogP contribution in [0.3, 0.4) is 0 Å². The summed E-state index contributed by atoms with van der Waals surface area (Å²) in [6, 6.07) is 0.529. The van der Waals surface area contributed by atoms with E-state index < -0.39 is 0 Å². The van der Waals surface area contributed by atoms with Gasteiger partial charge in [-0.25, -0.2) is 0 Å². The van der Waals surface area contributed by atoms with Gasteiger partial charge >= 0.3 is 0 Å². The molecule has 5 heteroatoms. The lowest BCUT2D eigenvalue weighted by Crippen LogP contribution is -2.11. The molecule has 3 rings (SSSR count). The van der Waals surface area contributed by atoms with Gasteiger partial charge in [0.25, 0.3) is 0 Å². The maximum Gasteiger partial charge on any atom is 0.179 e. The minimum atomic E-state index is 0.529. The van der Waals surface area contributed by atoms with Gasteiger partial charge in [0.15, 0.2) is 10.4 Å². The first-order valence-corrected chi connectivity index (χ1v) is 8.18. The summed E-state index contributed by atoms with van der Waals surface area (Å²) in [6.07, 6.45) is 7.36. The lowest BCUT2D eigenvalue weighted by Gasteiger charge is -2.17. The van der Waals surface area contributed by atoms with Crippen LogP contribution in [0, 0.1) is 10.7 Å². The van der Waals surface area contributed by atoms with Crippen LogP contribution in [0.4, 0.5) is 0 Å². The van der Waals surface area contributed by atoms with Crippen LogP contribution in [0.25, 0.3) is 11.2 Å². The molecule has 2 unspecified atom stereocenters. The molecule has 0 aliphatic heterocycles. The first-order chi connectivity index (χ1) is 9.61. The molecular formula is C15H24N4S. The van der Waals surface area contributed by atoms with Gasteiger partial charge in [-0.2, -0.15) is 5.10 Å². The number of imidazole rings is 1. The van der Waals surface area contributed by atoms with Gasteiger partial charge in [0.1, 0.15) is 5.52 Å². The van der Waals surface area contributed by atoms with Crippen LogP contribution in [0.2, 0.25) is 0 Å². The monoisotopic (exact) mass is 292 g/mol. The summed E-state index contributed by atoms with van der Waals surface area (Å²) in [5.74, 6) is 0.848. The fourth-order valence-electron chi connectivity index (χ4n) is 3.55. The molecule has 1 aliphatic carbocycles. The molecule has 2 aromatic rings. The predicted molar refractivity (Wildman–Crippen MR) is 84.6 cm³/mol. The number of aromatic amines is 1. The lowest BCUT2D eigenvalue weighted by molar-refractivity contribution is 0.432. The van der Waals surface area contributed by atoms with E-state index in [1.165, 1.54) is 37.8 Å². The number of nitrogens with zero attached hydrogens (tertiary/aromatic N) is 3. The van der Waals surface area contributed by atoms with Gasteiger partial charge in [0, 0.05) is 13.1 Å². The van der Waals surface area contributed by atoms with E-state index in [9.17, 15) is 0 Å². The Balaban J connectivity index is 2.08. The van der Waals surface area contributed by atoms with E-state index in [1.807, 2.05) is 11.7 Å². The Morgan fingerprint density at radius 1 is 1.30 bits per heavy atom. The number of aromatic nitrogens is 4. The first kappa shape index (κ1) is 13.9. The molecule has 1 N–H and O–H groups in total. The standard InChI is InChI=1S/C15H24N4S/c1-4-12-13-14(18(3)17-12)19(15(20)16-13)11-7-5-6-10(2)8-9-11/h10-11H,4-9H2,1-3H3,(H,16,20). The van der Waals surface area contributed by atoms with Gasteiger partial charge in [0.05, 0.1) is 5.69 Å². The molecule has 0 radical (unpaired) electrons. The third kappa shape index (κ3) is 2.22. The highest BCUT2D eigenvalue weighted by atomic mass is 32.1. The van der Waals surface area contributed by atoms with Crippen LogP contribution >= 0.6 is 12.2 Å². The Morgan fingerprint density at radius 3 is 2.85 bits per heavy atom. The molecule has 2 heterocycles. The SMILES string of the molecule is CCc1nn(C)c2c1[nH]c(=S)n2C1CCCC(C)CC1. The van der Waals surface area contributed by atoms with Crippen LogP contribution < -0.4 is 0 Å². The van der Waals surface area contributed by atoms with E-state index in [2.05, 4.69) is 28.5 Å². The van der Waals surface area contributed by atoms with Gasteiger partial charge in [-0.1, -0.05) is 26.7 Å². The van der Waals surface area contributed by atoms with Crippen molar-refractivity contribution in [1.29, 1.82) is 0 Å². The number of nitrogens with one attached hydrogen (secondary N) is 1. The molecular weight excluding hydrogens is 268 g/mol. The van der Waals surface area contributed by atoms with Crippen LogP contribution in [-0.2, 0) is 13.5 Å². The maximum atomic E-state index is 5.59. The normalized spacial score (nSPS) is 24.1. The van der Waals surface area contributed by atoms with Crippen molar-refractivity contribution in [2.45, 2.75) is 58.4 Å². The second kappa shape index (κ2) is 5.35. The van der Waals surface area contributed by atoms with E-state index in [0.29, 0.717) is 6.04 Å². The highest BCUT2D eigenvalue weighted by Gasteiger charge is 2.23. The topological polar surface area (TPSA) is 38.5 Å². The van der Waals surface area contributed by atoms with Gasteiger partial charge < -0.3 is 4.98 Å². The zero-order valence-corrected chi connectivity index (χ0v) is 13.5. The van der Waals surface area contributed by atoms with Crippen LogP contribution in [-0.4, -0.2) is 19.3 Å². The fourth-order valence-corrected chi connectivity index (χ4v) is 3.89. The van der Waals surface area contributed by atoms with E-state index in [4.69, 9.17) is 12.2 Å². The quantitative estimate of drug-likeness (QED) is 0.667. The summed E-state index contributed by atoms with van der Waals surface area (Å²) in [7, 11) is 2.03. The van der Waals surface area contributed by atoms with Gasteiger partial charge in [-0.15, -0.1) is 0 Å². The zero-order valence-electron chi connectivity index (χ0n) is 12.6. The van der Waals surface area contributed by atoms with Crippen molar-refractivity contribution >= 4 is 23.4 Å². The van der Waals surface area contributed by atoms with Crippen LogP contribution in [0.5, 0.6) is 0 Å². The van der Waals surface area contributed by atoms with Crippen LogP contribution in [0.1, 0.15) is 57.7 Å². The van der Waals surface area contributed by atoms with Crippen molar-refractivity contribution in [3.8, 4) is 0 Å². The highest BCUT2D eigenvalue weighted by molar-refractivity contribution is 7.71. The Labute approximate surface area is 125 Å². The Bertz CT molecular complexity index is 663. The molecule has 1 saturated carbocycles. The molecule has 0 saturated heterocycles. The fraction of sp³-hybridized carbons (Fsp3) is 0.733. The van der Waals surface area contributed by atoms with E-state index >= 15 is 0 Å². The highest BCUT2D eigenvalue weighted by Crippen LogP contribution is 2.33. The van der Waals surface area contributed by atoms with E-state index in [1.54, 1.807) is 0 Å². The average Bonchev–Trinajstić information content (AvgIpc) is 2.81. The zero-order chi connectivity index (χ0) is 14.3. The first-order valence-electron chi connectivity index (χ1n) is 7.77. The molecule has 4 nitrogen and oxygen atoms in total. The minimum absolute atomic E-state index is 0.529. The maximum absolute atomic E-state index is 5.59. The van der Waals surface area contributed by atoms with Crippen LogP contribution in [0.15, 0.2) is 0 Å². The Kier molecular flexibility index (Phi) is 3.71. The van der Waals surface area contributed by atoms with Crippen molar-refractivity contribution in [2.75, 3.05) is 0 Å². The molecule has 2 aromatic heterocycles. The third-order valence-electron chi connectivity index (χ3n) is 4.70. The summed E-state index contributed by atoms with van der Waals surface area (Å²) in [4.78, 5) is 3.39. The molecule has 0 aromatic carbocycles. The smallest absolute Gasteiger partial charge is 0.179 e. The molecule has 0 amide bonds. The third-order valence-corrected chi connectivity index (χ3v) is 4.99. The average molecular weight is 292 g/mol. The molecule has 0 spiro atoms. The number of rotatable bonds is 2. The van der Waals surface area contributed by atoms with E-state index in [-0.39, 0.29) is 0 Å². The van der Waals surface area contributed by atoms with Gasteiger partial charge in [0.2, 0.25) is 0 Å². The molecule has 20 heavy (non-hydrogen) atoms. The van der Waals surface area contributed by atoms with E-state index in [0.717, 1.165) is 28.3 Å². The van der Waals surface area contributed by atoms with Crippen molar-refractivity contribution in [3.05, 3.63) is 10.5 Å². The molecule has 110 valence electrons. The molecule has 2 atom stereocenters. The Morgan fingerprint density at radius 2 is 2.10 bits per heavy atom. The predicted octanol–water partition coefficient (Wildman–Crippen LogP) is 4.14. The van der Waals surface area contributed by atoms with Gasteiger partial charge in [-0.05, 0) is 43.8 Å². The number of aryl methyl sites for hydroxylation is 2. The van der Waals surface area contributed by atoms with Crippen molar-refractivity contribution in [2.24, 2.45) is 13.0 Å². The summed E-state index contributed by atoms with van der Waals surface area (Å²) in [6.45, 7) is 4.51. The minimum Gasteiger partial charge on any atom is -0.328 e. The largest absolute Gasteiger partial charge is 0.328 e.